The predicted octanol–water partition coefficient (Wildman–Crippen LogP) is 2.79. The van der Waals surface area contributed by atoms with Gasteiger partial charge in [-0.2, -0.15) is 0 Å². The van der Waals surface area contributed by atoms with Crippen LogP contribution in [-0.4, -0.2) is 19.7 Å². The first-order valence-electron chi connectivity index (χ1n) is 5.74. The van der Waals surface area contributed by atoms with E-state index in [0.29, 0.717) is 6.04 Å². The molecule has 1 rings (SSSR count). The Hall–Kier alpha value is -1.28. The standard InChI is InChI=1S/C14H21NO/c1-4-5-10-15-12(2)11-13-8-6-7-9-14(13)16-3/h4,6-9,12,15H,1,5,10-11H2,2-3H3. The Morgan fingerprint density at radius 2 is 2.19 bits per heavy atom. The average molecular weight is 219 g/mol. The normalized spacial score (nSPS) is 12.1. The number of hydrogen-bond donors (Lipinski definition) is 1. The van der Waals surface area contributed by atoms with Gasteiger partial charge in [0.05, 0.1) is 7.11 Å². The van der Waals surface area contributed by atoms with Crippen molar-refractivity contribution in [3.05, 3.63) is 42.5 Å². The Morgan fingerprint density at radius 1 is 1.44 bits per heavy atom. The van der Waals surface area contributed by atoms with Gasteiger partial charge in [0.15, 0.2) is 0 Å². The summed E-state index contributed by atoms with van der Waals surface area (Å²) in [6.45, 7) is 6.88. The van der Waals surface area contributed by atoms with E-state index < -0.39 is 0 Å². The largest absolute Gasteiger partial charge is 0.496 e. The van der Waals surface area contributed by atoms with Gasteiger partial charge < -0.3 is 10.1 Å². The van der Waals surface area contributed by atoms with Crippen LogP contribution in [0.5, 0.6) is 5.75 Å². The van der Waals surface area contributed by atoms with Crippen molar-refractivity contribution < 1.29 is 4.74 Å². The molecule has 0 fully saturated rings. The zero-order valence-electron chi connectivity index (χ0n) is 10.2. The fraction of sp³-hybridized carbons (Fsp3) is 0.429. The van der Waals surface area contributed by atoms with Crippen LogP contribution in [0.25, 0.3) is 0 Å². The third-order valence-corrected chi connectivity index (χ3v) is 2.56. The third-order valence-electron chi connectivity index (χ3n) is 2.56. The van der Waals surface area contributed by atoms with Gasteiger partial charge in [0, 0.05) is 6.04 Å². The zero-order chi connectivity index (χ0) is 11.8. The van der Waals surface area contributed by atoms with Gasteiger partial charge in [0.2, 0.25) is 0 Å². The number of methoxy groups -OCH3 is 1. The van der Waals surface area contributed by atoms with E-state index in [1.165, 1.54) is 5.56 Å². The molecule has 0 spiro atoms. The van der Waals surface area contributed by atoms with E-state index in [9.17, 15) is 0 Å². The molecule has 1 aromatic rings. The third kappa shape index (κ3) is 4.07. The second-order valence-corrected chi connectivity index (χ2v) is 3.95. The number of rotatable bonds is 7. The molecular formula is C14H21NO. The summed E-state index contributed by atoms with van der Waals surface area (Å²) in [7, 11) is 1.72. The van der Waals surface area contributed by atoms with Crippen LogP contribution >= 0.6 is 0 Å². The summed E-state index contributed by atoms with van der Waals surface area (Å²) in [6, 6.07) is 8.62. The Labute approximate surface area is 98.3 Å². The van der Waals surface area contributed by atoms with Gasteiger partial charge in [-0.15, -0.1) is 6.58 Å². The summed E-state index contributed by atoms with van der Waals surface area (Å²) < 4.78 is 5.33. The first-order chi connectivity index (χ1) is 7.77. The van der Waals surface area contributed by atoms with Crippen molar-refractivity contribution in [2.24, 2.45) is 0 Å². The van der Waals surface area contributed by atoms with Gasteiger partial charge in [-0.25, -0.2) is 0 Å². The van der Waals surface area contributed by atoms with Crippen LogP contribution in [0.2, 0.25) is 0 Å². The molecular weight excluding hydrogens is 198 g/mol. The molecule has 0 saturated heterocycles. The van der Waals surface area contributed by atoms with Gasteiger partial charge in [-0.1, -0.05) is 24.3 Å². The van der Waals surface area contributed by atoms with Crippen molar-refractivity contribution >= 4 is 0 Å². The van der Waals surface area contributed by atoms with Gasteiger partial charge in [-0.05, 0) is 37.9 Å². The minimum Gasteiger partial charge on any atom is -0.496 e. The van der Waals surface area contributed by atoms with Crippen LogP contribution in [0.15, 0.2) is 36.9 Å². The second kappa shape index (κ2) is 7.07. The summed E-state index contributed by atoms with van der Waals surface area (Å²) >= 11 is 0. The summed E-state index contributed by atoms with van der Waals surface area (Å²) in [6.07, 6.45) is 3.93. The Kier molecular flexibility index (Phi) is 5.65. The van der Waals surface area contributed by atoms with Crippen molar-refractivity contribution in [1.29, 1.82) is 0 Å². The number of nitrogens with one attached hydrogen (secondary N) is 1. The molecule has 2 heteroatoms. The molecule has 0 aliphatic carbocycles. The lowest BCUT2D eigenvalue weighted by atomic mass is 10.1. The molecule has 16 heavy (non-hydrogen) atoms. The quantitative estimate of drug-likeness (QED) is 0.562. The van der Waals surface area contributed by atoms with Gasteiger partial charge >= 0.3 is 0 Å². The fourth-order valence-electron chi connectivity index (χ4n) is 1.71. The molecule has 0 amide bonds. The van der Waals surface area contributed by atoms with Crippen LogP contribution in [0.3, 0.4) is 0 Å². The molecule has 1 aromatic carbocycles. The van der Waals surface area contributed by atoms with E-state index in [1.807, 2.05) is 24.3 Å². The highest BCUT2D eigenvalue weighted by Gasteiger charge is 2.06. The van der Waals surface area contributed by atoms with Crippen LogP contribution in [0.1, 0.15) is 18.9 Å². The van der Waals surface area contributed by atoms with Gasteiger partial charge in [0.1, 0.15) is 5.75 Å². The molecule has 88 valence electrons. The Bertz CT molecular complexity index is 322. The second-order valence-electron chi connectivity index (χ2n) is 3.95. The van der Waals surface area contributed by atoms with Gasteiger partial charge in [-0.3, -0.25) is 0 Å². The molecule has 0 aliphatic rings. The maximum absolute atomic E-state index is 5.33. The summed E-state index contributed by atoms with van der Waals surface area (Å²) in [4.78, 5) is 0. The summed E-state index contributed by atoms with van der Waals surface area (Å²) in [5, 5.41) is 3.46. The minimum absolute atomic E-state index is 0.455. The molecule has 0 heterocycles. The molecule has 0 aromatic heterocycles. The van der Waals surface area contributed by atoms with Crippen LogP contribution in [-0.2, 0) is 6.42 Å². The number of ether oxygens (including phenoxy) is 1. The van der Waals surface area contributed by atoms with Crippen molar-refractivity contribution in [3.63, 3.8) is 0 Å². The smallest absolute Gasteiger partial charge is 0.122 e. The first-order valence-corrected chi connectivity index (χ1v) is 5.74. The van der Waals surface area contributed by atoms with E-state index in [2.05, 4.69) is 24.9 Å². The first kappa shape index (κ1) is 12.8. The highest BCUT2D eigenvalue weighted by molar-refractivity contribution is 5.33. The fourth-order valence-corrected chi connectivity index (χ4v) is 1.71. The number of benzene rings is 1. The van der Waals surface area contributed by atoms with E-state index in [0.717, 1.165) is 25.1 Å². The highest BCUT2D eigenvalue weighted by Crippen LogP contribution is 2.18. The Morgan fingerprint density at radius 3 is 2.88 bits per heavy atom. The zero-order valence-corrected chi connectivity index (χ0v) is 10.2. The molecule has 1 unspecified atom stereocenters. The lowest BCUT2D eigenvalue weighted by Crippen LogP contribution is -2.28. The Balaban J connectivity index is 2.48. The maximum Gasteiger partial charge on any atom is 0.122 e. The van der Waals surface area contributed by atoms with Crippen LogP contribution in [0, 0.1) is 0 Å². The van der Waals surface area contributed by atoms with Gasteiger partial charge in [0.25, 0.3) is 0 Å². The molecule has 1 N–H and O–H groups in total. The van der Waals surface area contributed by atoms with Crippen molar-refractivity contribution in [3.8, 4) is 5.75 Å². The molecule has 0 aliphatic heterocycles. The van der Waals surface area contributed by atoms with Crippen LogP contribution < -0.4 is 10.1 Å². The van der Waals surface area contributed by atoms with Crippen molar-refractivity contribution in [2.45, 2.75) is 25.8 Å². The van der Waals surface area contributed by atoms with E-state index in [4.69, 9.17) is 4.74 Å². The lowest BCUT2D eigenvalue weighted by Gasteiger charge is -2.15. The predicted molar refractivity (Wildman–Crippen MR) is 69.0 cm³/mol. The number of hydrogen-bond acceptors (Lipinski definition) is 2. The molecule has 0 saturated carbocycles. The van der Waals surface area contributed by atoms with E-state index in [-0.39, 0.29) is 0 Å². The average Bonchev–Trinajstić information content (AvgIpc) is 2.30. The topological polar surface area (TPSA) is 21.3 Å². The highest BCUT2D eigenvalue weighted by atomic mass is 16.5. The van der Waals surface area contributed by atoms with Crippen molar-refractivity contribution in [1.82, 2.24) is 5.32 Å². The molecule has 0 radical (unpaired) electrons. The molecule has 1 atom stereocenters. The minimum atomic E-state index is 0.455. The summed E-state index contributed by atoms with van der Waals surface area (Å²) in [5.41, 5.74) is 1.25. The van der Waals surface area contributed by atoms with Crippen LogP contribution in [0.4, 0.5) is 0 Å². The maximum atomic E-state index is 5.33. The van der Waals surface area contributed by atoms with Crippen molar-refractivity contribution in [2.75, 3.05) is 13.7 Å². The summed E-state index contributed by atoms with van der Waals surface area (Å²) in [5.74, 6) is 0.972. The lowest BCUT2D eigenvalue weighted by molar-refractivity contribution is 0.406. The number of para-hydroxylation sites is 1. The molecule has 2 nitrogen and oxygen atoms in total. The molecule has 0 bridgehead atoms. The van der Waals surface area contributed by atoms with E-state index in [1.54, 1.807) is 7.11 Å². The van der Waals surface area contributed by atoms with E-state index >= 15 is 0 Å². The SMILES string of the molecule is C=CCCNC(C)Cc1ccccc1OC. The monoisotopic (exact) mass is 219 g/mol.